The predicted molar refractivity (Wildman–Crippen MR) is 80.6 cm³/mol. The van der Waals surface area contributed by atoms with Crippen molar-refractivity contribution in [3.05, 3.63) is 36.7 Å². The number of fused-ring (bicyclic) bond motifs is 1. The molecule has 4 heteroatoms. The first kappa shape index (κ1) is 13.1. The summed E-state index contributed by atoms with van der Waals surface area (Å²) in [7, 11) is 0. The number of anilines is 1. The van der Waals surface area contributed by atoms with Crippen LogP contribution >= 0.6 is 0 Å². The number of piperidine rings is 1. The van der Waals surface area contributed by atoms with Crippen LogP contribution in [-0.4, -0.2) is 24.0 Å². The lowest BCUT2D eigenvalue weighted by Gasteiger charge is -2.32. The Morgan fingerprint density at radius 2 is 2.10 bits per heavy atom. The highest BCUT2D eigenvalue weighted by molar-refractivity contribution is 6.03. The van der Waals surface area contributed by atoms with Crippen LogP contribution in [-0.2, 0) is 4.79 Å². The van der Waals surface area contributed by atoms with Crippen LogP contribution in [0.3, 0.4) is 0 Å². The first-order chi connectivity index (χ1) is 9.69. The molecule has 3 rings (SSSR count). The minimum Gasteiger partial charge on any atom is -0.325 e. The molecule has 0 atom stereocenters. The van der Waals surface area contributed by atoms with E-state index in [2.05, 4.69) is 15.6 Å². The van der Waals surface area contributed by atoms with Gasteiger partial charge in [0.05, 0.1) is 5.69 Å². The third-order valence-corrected chi connectivity index (χ3v) is 4.19. The van der Waals surface area contributed by atoms with Gasteiger partial charge >= 0.3 is 0 Å². The monoisotopic (exact) mass is 269 g/mol. The van der Waals surface area contributed by atoms with Gasteiger partial charge < -0.3 is 10.6 Å². The van der Waals surface area contributed by atoms with Crippen LogP contribution < -0.4 is 10.6 Å². The Hall–Kier alpha value is -1.94. The quantitative estimate of drug-likeness (QED) is 0.881. The second kappa shape index (κ2) is 5.21. The molecule has 1 aliphatic rings. The lowest BCUT2D eigenvalue weighted by molar-refractivity contribution is -0.126. The van der Waals surface area contributed by atoms with Gasteiger partial charge in [0.1, 0.15) is 0 Å². The minimum absolute atomic E-state index is 0.107. The third kappa shape index (κ3) is 2.39. The highest BCUT2D eigenvalue weighted by Crippen LogP contribution is 2.31. The van der Waals surface area contributed by atoms with Gasteiger partial charge in [0, 0.05) is 23.2 Å². The number of nitrogens with zero attached hydrogens (tertiary/aromatic N) is 1. The highest BCUT2D eigenvalue weighted by Gasteiger charge is 2.34. The third-order valence-electron chi connectivity index (χ3n) is 4.19. The van der Waals surface area contributed by atoms with Crippen LogP contribution in [0.5, 0.6) is 0 Å². The van der Waals surface area contributed by atoms with Crippen molar-refractivity contribution in [2.45, 2.75) is 19.8 Å². The second-order valence-electron chi connectivity index (χ2n) is 5.67. The molecule has 0 bridgehead atoms. The molecule has 1 fully saturated rings. The number of nitrogens with one attached hydrogen (secondary N) is 2. The number of hydrogen-bond donors (Lipinski definition) is 2. The SMILES string of the molecule is CC1(C(=O)Nc2cccc3ccncc23)CCNCC1. The fraction of sp³-hybridized carbons (Fsp3) is 0.375. The van der Waals surface area contributed by atoms with Crippen LogP contribution in [0, 0.1) is 5.41 Å². The van der Waals surface area contributed by atoms with Gasteiger partial charge in [-0.05, 0) is 43.5 Å². The summed E-state index contributed by atoms with van der Waals surface area (Å²) < 4.78 is 0. The maximum absolute atomic E-state index is 12.6. The van der Waals surface area contributed by atoms with Crippen molar-refractivity contribution in [1.29, 1.82) is 0 Å². The summed E-state index contributed by atoms with van der Waals surface area (Å²) in [5.74, 6) is 0.107. The highest BCUT2D eigenvalue weighted by atomic mass is 16.2. The molecule has 1 aliphatic heterocycles. The number of carbonyl (C=O) groups excluding carboxylic acids is 1. The maximum Gasteiger partial charge on any atom is 0.230 e. The zero-order valence-electron chi connectivity index (χ0n) is 11.6. The topological polar surface area (TPSA) is 54.0 Å². The number of benzene rings is 1. The van der Waals surface area contributed by atoms with Crippen molar-refractivity contribution < 1.29 is 4.79 Å². The molecule has 1 aromatic heterocycles. The lowest BCUT2D eigenvalue weighted by atomic mass is 9.80. The average Bonchev–Trinajstić information content (AvgIpc) is 2.48. The molecule has 2 aromatic rings. The van der Waals surface area contributed by atoms with E-state index in [0.717, 1.165) is 42.4 Å². The van der Waals surface area contributed by atoms with Crippen LogP contribution in [0.25, 0.3) is 10.8 Å². The van der Waals surface area contributed by atoms with E-state index in [1.165, 1.54) is 0 Å². The number of rotatable bonds is 2. The molecule has 2 heterocycles. The van der Waals surface area contributed by atoms with E-state index in [-0.39, 0.29) is 11.3 Å². The Bertz CT molecular complexity index is 627. The lowest BCUT2D eigenvalue weighted by Crippen LogP contribution is -2.42. The maximum atomic E-state index is 12.6. The van der Waals surface area contributed by atoms with Gasteiger partial charge in [0.15, 0.2) is 0 Å². The van der Waals surface area contributed by atoms with Crippen molar-refractivity contribution in [3.8, 4) is 0 Å². The minimum atomic E-state index is -0.282. The summed E-state index contributed by atoms with van der Waals surface area (Å²) in [5, 5.41) is 8.46. The van der Waals surface area contributed by atoms with E-state index in [4.69, 9.17) is 0 Å². The number of amides is 1. The summed E-state index contributed by atoms with van der Waals surface area (Å²) in [5.41, 5.74) is 0.565. The van der Waals surface area contributed by atoms with Gasteiger partial charge in [-0.3, -0.25) is 9.78 Å². The Balaban J connectivity index is 1.87. The molecule has 1 amide bonds. The molecule has 1 aromatic carbocycles. The van der Waals surface area contributed by atoms with Gasteiger partial charge in [-0.25, -0.2) is 0 Å². The Labute approximate surface area is 118 Å². The fourth-order valence-electron chi connectivity index (χ4n) is 2.70. The first-order valence-corrected chi connectivity index (χ1v) is 7.04. The first-order valence-electron chi connectivity index (χ1n) is 7.04. The smallest absolute Gasteiger partial charge is 0.230 e. The number of aromatic nitrogens is 1. The molecular weight excluding hydrogens is 250 g/mol. The fourth-order valence-corrected chi connectivity index (χ4v) is 2.70. The van der Waals surface area contributed by atoms with E-state index < -0.39 is 0 Å². The van der Waals surface area contributed by atoms with Crippen molar-refractivity contribution in [2.24, 2.45) is 5.41 Å². The zero-order chi connectivity index (χ0) is 14.0. The molecule has 0 unspecified atom stereocenters. The normalized spacial score (nSPS) is 17.9. The molecule has 0 spiro atoms. The molecule has 0 radical (unpaired) electrons. The van der Waals surface area contributed by atoms with Crippen LogP contribution in [0.4, 0.5) is 5.69 Å². The summed E-state index contributed by atoms with van der Waals surface area (Å²) in [6, 6.07) is 7.88. The molecule has 2 N–H and O–H groups in total. The summed E-state index contributed by atoms with van der Waals surface area (Å²) >= 11 is 0. The van der Waals surface area contributed by atoms with Gasteiger partial charge in [-0.15, -0.1) is 0 Å². The summed E-state index contributed by atoms with van der Waals surface area (Å²) in [4.78, 5) is 16.7. The largest absolute Gasteiger partial charge is 0.325 e. The van der Waals surface area contributed by atoms with E-state index in [1.807, 2.05) is 31.2 Å². The average molecular weight is 269 g/mol. The standard InChI is InChI=1S/C16H19N3O/c1-16(6-9-17-10-7-16)15(20)19-14-4-2-3-12-5-8-18-11-13(12)14/h2-5,8,11,17H,6-7,9-10H2,1H3,(H,19,20). The molecule has 0 aliphatic carbocycles. The summed E-state index contributed by atoms with van der Waals surface area (Å²) in [6.45, 7) is 3.86. The van der Waals surface area contributed by atoms with Crippen molar-refractivity contribution in [1.82, 2.24) is 10.3 Å². The predicted octanol–water partition coefficient (Wildman–Crippen LogP) is 2.56. The molecular formula is C16H19N3O. The Morgan fingerprint density at radius 3 is 2.90 bits per heavy atom. The van der Waals surface area contributed by atoms with Crippen molar-refractivity contribution in [2.75, 3.05) is 18.4 Å². The van der Waals surface area contributed by atoms with Gasteiger partial charge in [-0.1, -0.05) is 19.1 Å². The zero-order valence-corrected chi connectivity index (χ0v) is 11.6. The van der Waals surface area contributed by atoms with Gasteiger partial charge in [-0.2, -0.15) is 0 Å². The molecule has 0 saturated carbocycles. The van der Waals surface area contributed by atoms with Gasteiger partial charge in [0.2, 0.25) is 5.91 Å². The number of pyridine rings is 1. The van der Waals surface area contributed by atoms with Crippen LogP contribution in [0.2, 0.25) is 0 Å². The van der Waals surface area contributed by atoms with E-state index in [0.29, 0.717) is 0 Å². The summed E-state index contributed by atoms with van der Waals surface area (Å²) in [6.07, 6.45) is 5.32. The molecule has 4 nitrogen and oxygen atoms in total. The van der Waals surface area contributed by atoms with Crippen LogP contribution in [0.1, 0.15) is 19.8 Å². The molecule has 1 saturated heterocycles. The van der Waals surface area contributed by atoms with Crippen molar-refractivity contribution >= 4 is 22.4 Å². The molecule has 20 heavy (non-hydrogen) atoms. The van der Waals surface area contributed by atoms with Crippen molar-refractivity contribution in [3.63, 3.8) is 0 Å². The number of hydrogen-bond acceptors (Lipinski definition) is 3. The Morgan fingerprint density at radius 1 is 1.30 bits per heavy atom. The van der Waals surface area contributed by atoms with E-state index >= 15 is 0 Å². The van der Waals surface area contributed by atoms with Crippen LogP contribution in [0.15, 0.2) is 36.7 Å². The van der Waals surface area contributed by atoms with E-state index in [1.54, 1.807) is 12.4 Å². The molecule has 104 valence electrons. The second-order valence-corrected chi connectivity index (χ2v) is 5.67. The number of carbonyl (C=O) groups is 1. The van der Waals surface area contributed by atoms with Gasteiger partial charge in [0.25, 0.3) is 0 Å². The van der Waals surface area contributed by atoms with E-state index in [9.17, 15) is 4.79 Å². The Kier molecular flexibility index (Phi) is 3.40.